The van der Waals surface area contributed by atoms with E-state index in [0.717, 1.165) is 5.56 Å². The number of hydrogen-bond acceptors (Lipinski definition) is 3. The molecule has 0 spiro atoms. The molecule has 2 amide bonds. The van der Waals surface area contributed by atoms with Crippen molar-refractivity contribution in [2.24, 2.45) is 0 Å². The first kappa shape index (κ1) is 19.0. The van der Waals surface area contributed by atoms with Gasteiger partial charge in [0.05, 0.1) is 6.10 Å². The van der Waals surface area contributed by atoms with E-state index in [2.05, 4.69) is 5.32 Å². The fraction of sp³-hybridized carbons (Fsp3) is 0.474. The average Bonchev–Trinajstić information content (AvgIpc) is 2.55. The van der Waals surface area contributed by atoms with Gasteiger partial charge in [-0.1, -0.05) is 24.3 Å². The van der Waals surface area contributed by atoms with Crippen LogP contribution in [0.5, 0.6) is 0 Å². The molecule has 1 aliphatic heterocycles. The second kappa shape index (κ2) is 9.20. The topological polar surface area (TPSA) is 58.6 Å². The number of rotatable bonds is 5. The van der Waals surface area contributed by atoms with Gasteiger partial charge in [-0.2, -0.15) is 0 Å². The highest BCUT2D eigenvalue weighted by molar-refractivity contribution is 5.78. The molecule has 6 heteroatoms. The first-order chi connectivity index (χ1) is 11.9. The quantitative estimate of drug-likeness (QED) is 0.888. The third-order valence-electron chi connectivity index (χ3n) is 3.92. The summed E-state index contributed by atoms with van der Waals surface area (Å²) in [5, 5.41) is 2.97. The Bertz CT molecular complexity index is 623. The maximum Gasteiger partial charge on any atom is 0.410 e. The van der Waals surface area contributed by atoms with Gasteiger partial charge in [-0.15, -0.1) is 0 Å². The van der Waals surface area contributed by atoms with Crippen molar-refractivity contribution in [3.05, 3.63) is 41.7 Å². The van der Waals surface area contributed by atoms with Gasteiger partial charge in [0, 0.05) is 25.6 Å². The van der Waals surface area contributed by atoms with E-state index in [1.807, 2.05) is 13.8 Å². The van der Waals surface area contributed by atoms with E-state index in [1.165, 1.54) is 12.1 Å². The molecule has 0 radical (unpaired) electrons. The zero-order valence-electron chi connectivity index (χ0n) is 14.7. The van der Waals surface area contributed by atoms with Crippen LogP contribution < -0.4 is 5.32 Å². The van der Waals surface area contributed by atoms with Gasteiger partial charge in [-0.3, -0.25) is 4.79 Å². The molecule has 0 atom stereocenters. The number of halogens is 1. The predicted octanol–water partition coefficient (Wildman–Crippen LogP) is 3.35. The standard InChI is InChI=1S/C19H25FN2O3/c1-14(2)25-19(24)22-11-9-17(10-12-22)21-18(23)8-4-6-15-5-3-7-16(20)13-15/h3-7,13-14,17H,8-12H2,1-2H3,(H,21,23)/b6-4+. The minimum absolute atomic E-state index is 0.0677. The summed E-state index contributed by atoms with van der Waals surface area (Å²) in [5.74, 6) is -0.370. The molecule has 136 valence electrons. The van der Waals surface area contributed by atoms with Crippen LogP contribution >= 0.6 is 0 Å². The molecule has 1 saturated heterocycles. The van der Waals surface area contributed by atoms with Gasteiger partial charge in [0.15, 0.2) is 0 Å². The van der Waals surface area contributed by atoms with Crippen molar-refractivity contribution in [2.75, 3.05) is 13.1 Å². The van der Waals surface area contributed by atoms with E-state index in [0.29, 0.717) is 25.9 Å². The van der Waals surface area contributed by atoms with Crippen LogP contribution in [-0.2, 0) is 9.53 Å². The molecule has 2 rings (SSSR count). The van der Waals surface area contributed by atoms with Gasteiger partial charge in [0.25, 0.3) is 0 Å². The average molecular weight is 348 g/mol. The molecule has 1 aromatic rings. The molecule has 0 aliphatic carbocycles. The van der Waals surface area contributed by atoms with Crippen molar-refractivity contribution in [1.29, 1.82) is 0 Å². The largest absolute Gasteiger partial charge is 0.447 e. The highest BCUT2D eigenvalue weighted by Gasteiger charge is 2.24. The monoisotopic (exact) mass is 348 g/mol. The normalized spacial score (nSPS) is 15.6. The van der Waals surface area contributed by atoms with Gasteiger partial charge in [0.1, 0.15) is 5.82 Å². The van der Waals surface area contributed by atoms with E-state index in [9.17, 15) is 14.0 Å². The molecule has 25 heavy (non-hydrogen) atoms. The molecule has 0 aromatic heterocycles. The molecule has 0 saturated carbocycles. The summed E-state index contributed by atoms with van der Waals surface area (Å²) in [4.78, 5) is 25.5. The van der Waals surface area contributed by atoms with E-state index in [1.54, 1.807) is 29.2 Å². The van der Waals surface area contributed by atoms with Crippen molar-refractivity contribution in [3.63, 3.8) is 0 Å². The number of amides is 2. The fourth-order valence-electron chi connectivity index (χ4n) is 2.68. The van der Waals surface area contributed by atoms with Crippen LogP contribution in [0.25, 0.3) is 6.08 Å². The second-order valence-corrected chi connectivity index (χ2v) is 6.42. The van der Waals surface area contributed by atoms with Gasteiger partial charge in [0.2, 0.25) is 5.91 Å². The number of piperidine rings is 1. The highest BCUT2D eigenvalue weighted by Crippen LogP contribution is 2.12. The summed E-state index contributed by atoms with van der Waals surface area (Å²) in [5.41, 5.74) is 0.727. The zero-order valence-corrected chi connectivity index (χ0v) is 14.7. The molecule has 1 aromatic carbocycles. The van der Waals surface area contributed by atoms with E-state index in [-0.39, 0.29) is 36.4 Å². The number of benzene rings is 1. The number of ether oxygens (including phenoxy) is 1. The fourth-order valence-corrected chi connectivity index (χ4v) is 2.68. The summed E-state index contributed by atoms with van der Waals surface area (Å²) in [6.07, 6.45) is 4.70. The van der Waals surface area contributed by atoms with Crippen molar-refractivity contribution >= 4 is 18.1 Å². The summed E-state index contributed by atoms with van der Waals surface area (Å²) in [6, 6.07) is 6.28. The zero-order chi connectivity index (χ0) is 18.2. The van der Waals surface area contributed by atoms with Crippen LogP contribution in [-0.4, -0.2) is 42.1 Å². The van der Waals surface area contributed by atoms with Crippen LogP contribution in [0.2, 0.25) is 0 Å². The van der Waals surface area contributed by atoms with Crippen LogP contribution in [0.4, 0.5) is 9.18 Å². The van der Waals surface area contributed by atoms with Crippen LogP contribution in [0, 0.1) is 5.82 Å². The van der Waals surface area contributed by atoms with E-state index < -0.39 is 0 Å². The number of nitrogens with one attached hydrogen (secondary N) is 1. The van der Waals surface area contributed by atoms with Gasteiger partial charge < -0.3 is 15.0 Å². The predicted molar refractivity (Wildman–Crippen MR) is 94.4 cm³/mol. The Balaban J connectivity index is 1.71. The number of hydrogen-bond donors (Lipinski definition) is 1. The second-order valence-electron chi connectivity index (χ2n) is 6.42. The number of likely N-dealkylation sites (tertiary alicyclic amines) is 1. The molecule has 1 fully saturated rings. The molecule has 0 unspecified atom stereocenters. The molecular weight excluding hydrogens is 323 g/mol. The minimum atomic E-state index is -0.297. The Kier molecular flexibility index (Phi) is 6.98. The molecular formula is C19H25FN2O3. The third kappa shape index (κ3) is 6.57. The van der Waals surface area contributed by atoms with Gasteiger partial charge >= 0.3 is 6.09 Å². The lowest BCUT2D eigenvalue weighted by Gasteiger charge is -2.32. The Hall–Kier alpha value is -2.37. The Morgan fingerprint density at radius 1 is 1.36 bits per heavy atom. The number of nitrogens with zero attached hydrogens (tertiary/aromatic N) is 1. The van der Waals surface area contributed by atoms with E-state index in [4.69, 9.17) is 4.74 Å². The third-order valence-corrected chi connectivity index (χ3v) is 3.92. The lowest BCUT2D eigenvalue weighted by Crippen LogP contribution is -2.46. The number of carbonyl (C=O) groups excluding carboxylic acids is 2. The van der Waals surface area contributed by atoms with Crippen LogP contribution in [0.15, 0.2) is 30.3 Å². The molecule has 1 heterocycles. The van der Waals surface area contributed by atoms with Crippen LogP contribution in [0.1, 0.15) is 38.7 Å². The maximum atomic E-state index is 13.1. The summed E-state index contributed by atoms with van der Waals surface area (Å²) in [7, 11) is 0. The van der Waals surface area contributed by atoms with Crippen molar-refractivity contribution in [3.8, 4) is 0 Å². The smallest absolute Gasteiger partial charge is 0.410 e. The molecule has 1 N–H and O–H groups in total. The summed E-state index contributed by atoms with van der Waals surface area (Å²) < 4.78 is 18.2. The van der Waals surface area contributed by atoms with Crippen molar-refractivity contribution < 1.29 is 18.7 Å². The molecule has 0 bridgehead atoms. The Morgan fingerprint density at radius 3 is 2.72 bits per heavy atom. The maximum absolute atomic E-state index is 13.1. The van der Waals surface area contributed by atoms with E-state index >= 15 is 0 Å². The van der Waals surface area contributed by atoms with Gasteiger partial charge in [-0.05, 0) is 44.4 Å². The Labute approximate surface area is 147 Å². The lowest BCUT2D eigenvalue weighted by atomic mass is 10.1. The lowest BCUT2D eigenvalue weighted by molar-refractivity contribution is -0.121. The highest BCUT2D eigenvalue weighted by atomic mass is 19.1. The number of carbonyl (C=O) groups is 2. The Morgan fingerprint density at radius 2 is 2.08 bits per heavy atom. The minimum Gasteiger partial charge on any atom is -0.447 e. The first-order valence-electron chi connectivity index (χ1n) is 8.61. The summed E-state index contributed by atoms with van der Waals surface area (Å²) in [6.45, 7) is 4.80. The molecule has 5 nitrogen and oxygen atoms in total. The summed E-state index contributed by atoms with van der Waals surface area (Å²) >= 11 is 0. The van der Waals surface area contributed by atoms with Crippen LogP contribution in [0.3, 0.4) is 0 Å². The SMILES string of the molecule is CC(C)OC(=O)N1CCC(NC(=O)C/C=C/c2cccc(F)c2)CC1. The van der Waals surface area contributed by atoms with Crippen molar-refractivity contribution in [1.82, 2.24) is 10.2 Å². The first-order valence-corrected chi connectivity index (χ1v) is 8.61. The van der Waals surface area contributed by atoms with Gasteiger partial charge in [-0.25, -0.2) is 9.18 Å². The van der Waals surface area contributed by atoms with Crippen molar-refractivity contribution in [2.45, 2.75) is 45.3 Å². The molecule has 1 aliphatic rings.